The van der Waals surface area contributed by atoms with Crippen molar-refractivity contribution in [3.05, 3.63) is 0 Å². The standard InChI is InChI=1S/C12H23N7O2/c1-9(3-6-20-2)14-10-15-11(18-13)17-12(16-10)19-4-7-21-8-5-19/h9H,3-8,13H2,1-2H3,(H2,14,15,16,17,18). The van der Waals surface area contributed by atoms with Crippen LogP contribution in [0.25, 0.3) is 0 Å². The van der Waals surface area contributed by atoms with E-state index >= 15 is 0 Å². The Balaban J connectivity index is 2.09. The zero-order chi connectivity index (χ0) is 15.1. The van der Waals surface area contributed by atoms with Crippen molar-refractivity contribution in [2.75, 3.05) is 55.7 Å². The first-order chi connectivity index (χ1) is 10.2. The average molecular weight is 297 g/mol. The lowest BCUT2D eigenvalue weighted by Crippen LogP contribution is -2.37. The Kier molecular flexibility index (Phi) is 5.90. The summed E-state index contributed by atoms with van der Waals surface area (Å²) >= 11 is 0. The number of hydrogen-bond donors (Lipinski definition) is 3. The van der Waals surface area contributed by atoms with E-state index in [1.165, 1.54) is 0 Å². The quantitative estimate of drug-likeness (QED) is 0.466. The molecule has 1 aromatic heterocycles. The molecule has 0 aliphatic carbocycles. The maximum atomic E-state index is 5.43. The lowest BCUT2D eigenvalue weighted by molar-refractivity contribution is 0.122. The van der Waals surface area contributed by atoms with E-state index in [1.807, 2.05) is 6.92 Å². The summed E-state index contributed by atoms with van der Waals surface area (Å²) in [4.78, 5) is 15.0. The van der Waals surface area contributed by atoms with Crippen LogP contribution in [0.2, 0.25) is 0 Å². The van der Waals surface area contributed by atoms with Crippen LogP contribution in [0.4, 0.5) is 17.8 Å². The highest BCUT2D eigenvalue weighted by Gasteiger charge is 2.17. The molecule has 2 heterocycles. The molecule has 1 aliphatic rings. The summed E-state index contributed by atoms with van der Waals surface area (Å²) in [7, 11) is 1.68. The third-order valence-corrected chi connectivity index (χ3v) is 3.18. The van der Waals surface area contributed by atoms with Gasteiger partial charge < -0.3 is 19.7 Å². The van der Waals surface area contributed by atoms with Crippen LogP contribution >= 0.6 is 0 Å². The number of hydrogen-bond acceptors (Lipinski definition) is 9. The number of nitrogen functional groups attached to an aromatic ring is 1. The molecule has 0 bridgehead atoms. The van der Waals surface area contributed by atoms with Gasteiger partial charge in [0.05, 0.1) is 13.2 Å². The molecular weight excluding hydrogens is 274 g/mol. The van der Waals surface area contributed by atoms with Crippen molar-refractivity contribution in [2.24, 2.45) is 5.84 Å². The van der Waals surface area contributed by atoms with E-state index in [2.05, 4.69) is 30.6 Å². The molecule has 1 fully saturated rings. The smallest absolute Gasteiger partial charge is 0.243 e. The SMILES string of the molecule is COCCC(C)Nc1nc(NN)nc(N2CCOCC2)n1. The zero-order valence-electron chi connectivity index (χ0n) is 12.5. The highest BCUT2D eigenvalue weighted by Crippen LogP contribution is 2.15. The van der Waals surface area contributed by atoms with Crippen molar-refractivity contribution in [2.45, 2.75) is 19.4 Å². The van der Waals surface area contributed by atoms with Gasteiger partial charge in [-0.1, -0.05) is 0 Å². The normalized spacial score (nSPS) is 16.6. The Bertz CT molecular complexity index is 440. The summed E-state index contributed by atoms with van der Waals surface area (Å²) in [6.07, 6.45) is 0.862. The van der Waals surface area contributed by atoms with Gasteiger partial charge in [0, 0.05) is 32.8 Å². The molecule has 118 valence electrons. The van der Waals surface area contributed by atoms with Gasteiger partial charge in [-0.3, -0.25) is 5.43 Å². The van der Waals surface area contributed by atoms with E-state index in [1.54, 1.807) is 7.11 Å². The first-order valence-electron chi connectivity index (χ1n) is 7.03. The number of aromatic nitrogens is 3. The molecule has 0 spiro atoms. The molecule has 0 amide bonds. The number of nitrogens with one attached hydrogen (secondary N) is 2. The third kappa shape index (κ3) is 4.66. The van der Waals surface area contributed by atoms with Crippen LogP contribution in [0.5, 0.6) is 0 Å². The van der Waals surface area contributed by atoms with E-state index < -0.39 is 0 Å². The second kappa shape index (κ2) is 7.91. The molecule has 2 rings (SSSR count). The number of ether oxygens (including phenoxy) is 2. The maximum Gasteiger partial charge on any atom is 0.243 e. The first-order valence-corrected chi connectivity index (χ1v) is 7.03. The fourth-order valence-electron chi connectivity index (χ4n) is 1.99. The van der Waals surface area contributed by atoms with E-state index in [0.29, 0.717) is 37.7 Å². The largest absolute Gasteiger partial charge is 0.385 e. The highest BCUT2D eigenvalue weighted by atomic mass is 16.5. The lowest BCUT2D eigenvalue weighted by atomic mass is 10.2. The second-order valence-electron chi connectivity index (χ2n) is 4.85. The Morgan fingerprint density at radius 3 is 2.67 bits per heavy atom. The van der Waals surface area contributed by atoms with Crippen LogP contribution in [-0.2, 0) is 9.47 Å². The summed E-state index contributed by atoms with van der Waals surface area (Å²) < 4.78 is 10.4. The zero-order valence-corrected chi connectivity index (χ0v) is 12.5. The number of hydrazine groups is 1. The van der Waals surface area contributed by atoms with Gasteiger partial charge in [-0.25, -0.2) is 5.84 Å². The van der Waals surface area contributed by atoms with Crippen LogP contribution in [0.1, 0.15) is 13.3 Å². The molecule has 0 saturated carbocycles. The minimum absolute atomic E-state index is 0.190. The number of nitrogens with zero attached hydrogens (tertiary/aromatic N) is 4. The van der Waals surface area contributed by atoms with Gasteiger partial charge in [0.1, 0.15) is 0 Å². The van der Waals surface area contributed by atoms with E-state index in [-0.39, 0.29) is 6.04 Å². The number of morpholine rings is 1. The summed E-state index contributed by atoms with van der Waals surface area (Å²) in [5, 5.41) is 3.24. The monoisotopic (exact) mass is 297 g/mol. The van der Waals surface area contributed by atoms with Crippen LogP contribution < -0.4 is 21.5 Å². The highest BCUT2D eigenvalue weighted by molar-refractivity contribution is 5.43. The minimum atomic E-state index is 0.190. The van der Waals surface area contributed by atoms with Crippen LogP contribution in [0.15, 0.2) is 0 Å². The predicted octanol–water partition coefficient (Wildman–Crippen LogP) is -0.169. The topological polar surface area (TPSA) is 110 Å². The predicted molar refractivity (Wildman–Crippen MR) is 80.2 cm³/mol. The van der Waals surface area contributed by atoms with Gasteiger partial charge in [-0.2, -0.15) is 15.0 Å². The number of nitrogens with two attached hydrogens (primary N) is 1. The molecule has 4 N–H and O–H groups in total. The Labute approximate surface area is 124 Å². The van der Waals surface area contributed by atoms with Gasteiger partial charge in [0.15, 0.2) is 0 Å². The van der Waals surface area contributed by atoms with Gasteiger partial charge in [0.2, 0.25) is 17.8 Å². The molecule has 1 saturated heterocycles. The summed E-state index contributed by atoms with van der Waals surface area (Å²) in [5.74, 6) is 6.88. The van der Waals surface area contributed by atoms with E-state index in [0.717, 1.165) is 19.5 Å². The maximum absolute atomic E-state index is 5.43. The molecule has 1 aliphatic heterocycles. The number of rotatable bonds is 7. The number of anilines is 3. The van der Waals surface area contributed by atoms with Crippen molar-refractivity contribution < 1.29 is 9.47 Å². The van der Waals surface area contributed by atoms with Gasteiger partial charge >= 0.3 is 0 Å². The van der Waals surface area contributed by atoms with Crippen LogP contribution in [0.3, 0.4) is 0 Å². The first kappa shape index (κ1) is 15.7. The number of methoxy groups -OCH3 is 1. The lowest BCUT2D eigenvalue weighted by Gasteiger charge is -2.27. The third-order valence-electron chi connectivity index (χ3n) is 3.18. The molecular formula is C12H23N7O2. The van der Waals surface area contributed by atoms with Crippen molar-refractivity contribution in [1.82, 2.24) is 15.0 Å². The van der Waals surface area contributed by atoms with E-state index in [4.69, 9.17) is 15.3 Å². The average Bonchev–Trinajstić information content (AvgIpc) is 2.53. The summed E-state index contributed by atoms with van der Waals surface area (Å²) in [6.45, 7) is 5.58. The molecule has 1 unspecified atom stereocenters. The van der Waals surface area contributed by atoms with Crippen molar-refractivity contribution in [1.29, 1.82) is 0 Å². The van der Waals surface area contributed by atoms with Crippen molar-refractivity contribution >= 4 is 17.8 Å². The van der Waals surface area contributed by atoms with Gasteiger partial charge in [0.25, 0.3) is 0 Å². The molecule has 1 aromatic rings. The fourth-order valence-corrected chi connectivity index (χ4v) is 1.99. The Hall–Kier alpha value is -1.71. The Morgan fingerprint density at radius 2 is 2.00 bits per heavy atom. The van der Waals surface area contributed by atoms with Gasteiger partial charge in [-0.15, -0.1) is 0 Å². The molecule has 1 atom stereocenters. The summed E-state index contributed by atoms with van der Waals surface area (Å²) in [5.41, 5.74) is 2.48. The minimum Gasteiger partial charge on any atom is -0.385 e. The summed E-state index contributed by atoms with van der Waals surface area (Å²) in [6, 6.07) is 0.190. The van der Waals surface area contributed by atoms with Crippen LogP contribution in [-0.4, -0.2) is 61.0 Å². The molecule has 21 heavy (non-hydrogen) atoms. The fraction of sp³-hybridized carbons (Fsp3) is 0.750. The van der Waals surface area contributed by atoms with Crippen molar-refractivity contribution in [3.8, 4) is 0 Å². The molecule has 0 aromatic carbocycles. The van der Waals surface area contributed by atoms with Crippen molar-refractivity contribution in [3.63, 3.8) is 0 Å². The van der Waals surface area contributed by atoms with Gasteiger partial charge in [-0.05, 0) is 13.3 Å². The second-order valence-corrected chi connectivity index (χ2v) is 4.85. The molecule has 9 nitrogen and oxygen atoms in total. The molecule has 9 heteroatoms. The molecule has 0 radical (unpaired) electrons. The van der Waals surface area contributed by atoms with E-state index in [9.17, 15) is 0 Å². The Morgan fingerprint density at radius 1 is 1.29 bits per heavy atom. The van der Waals surface area contributed by atoms with Crippen LogP contribution in [0, 0.1) is 0 Å².